The number of methoxy groups -OCH3 is 1. The summed E-state index contributed by atoms with van der Waals surface area (Å²) >= 11 is 0. The molecule has 0 saturated carbocycles. The maximum absolute atomic E-state index is 5.70. The number of hydrogen-bond donors (Lipinski definition) is 1. The van der Waals surface area contributed by atoms with Crippen LogP contribution < -0.4 is 5.73 Å². The standard InChI is InChI=1S/C7H11N3O/c1-11-4-7(8)6-2-9-5-10-3-6/h2-3,5,7H,4,8H2,1H3. The fraction of sp³-hybridized carbons (Fsp3) is 0.429. The average molecular weight is 153 g/mol. The minimum absolute atomic E-state index is 0.124. The van der Waals surface area contributed by atoms with Gasteiger partial charge >= 0.3 is 0 Å². The van der Waals surface area contributed by atoms with Gasteiger partial charge in [-0.2, -0.15) is 0 Å². The van der Waals surface area contributed by atoms with Crippen LogP contribution in [0.4, 0.5) is 0 Å². The molecule has 0 radical (unpaired) electrons. The molecule has 4 heteroatoms. The van der Waals surface area contributed by atoms with Crippen LogP contribution in [0.3, 0.4) is 0 Å². The quantitative estimate of drug-likeness (QED) is 0.670. The van der Waals surface area contributed by atoms with Crippen molar-refractivity contribution in [2.45, 2.75) is 6.04 Å². The highest BCUT2D eigenvalue weighted by atomic mass is 16.5. The molecule has 0 saturated heterocycles. The molecule has 1 aromatic heterocycles. The first-order valence-corrected chi connectivity index (χ1v) is 3.34. The van der Waals surface area contributed by atoms with Crippen molar-refractivity contribution in [1.29, 1.82) is 0 Å². The Bertz CT molecular complexity index is 202. The van der Waals surface area contributed by atoms with Gasteiger partial charge in [-0.25, -0.2) is 9.97 Å². The molecule has 1 aromatic rings. The van der Waals surface area contributed by atoms with E-state index in [1.54, 1.807) is 19.5 Å². The van der Waals surface area contributed by atoms with Crippen molar-refractivity contribution in [3.63, 3.8) is 0 Å². The fourth-order valence-corrected chi connectivity index (χ4v) is 0.778. The van der Waals surface area contributed by atoms with Crippen LogP contribution in [0.25, 0.3) is 0 Å². The minimum Gasteiger partial charge on any atom is -0.383 e. The van der Waals surface area contributed by atoms with E-state index in [1.807, 2.05) is 0 Å². The Kier molecular flexibility index (Phi) is 2.95. The topological polar surface area (TPSA) is 61.0 Å². The second kappa shape index (κ2) is 4.00. The van der Waals surface area contributed by atoms with Gasteiger partial charge in [-0.1, -0.05) is 0 Å². The SMILES string of the molecule is COCC(N)c1cncnc1. The van der Waals surface area contributed by atoms with E-state index in [4.69, 9.17) is 10.5 Å². The van der Waals surface area contributed by atoms with Crippen molar-refractivity contribution in [1.82, 2.24) is 9.97 Å². The van der Waals surface area contributed by atoms with Crippen molar-refractivity contribution in [3.05, 3.63) is 24.3 Å². The van der Waals surface area contributed by atoms with Crippen LogP contribution in [0.1, 0.15) is 11.6 Å². The molecule has 1 heterocycles. The van der Waals surface area contributed by atoms with Crippen molar-refractivity contribution in [2.75, 3.05) is 13.7 Å². The first-order valence-electron chi connectivity index (χ1n) is 3.34. The van der Waals surface area contributed by atoms with Gasteiger partial charge in [0.1, 0.15) is 6.33 Å². The summed E-state index contributed by atoms with van der Waals surface area (Å²) in [5.41, 5.74) is 6.60. The smallest absolute Gasteiger partial charge is 0.115 e. The number of nitrogens with zero attached hydrogens (tertiary/aromatic N) is 2. The zero-order valence-corrected chi connectivity index (χ0v) is 6.40. The van der Waals surface area contributed by atoms with E-state index in [-0.39, 0.29) is 6.04 Å². The number of aromatic nitrogens is 2. The van der Waals surface area contributed by atoms with Crippen molar-refractivity contribution >= 4 is 0 Å². The molecule has 1 atom stereocenters. The Balaban J connectivity index is 2.61. The lowest BCUT2D eigenvalue weighted by Gasteiger charge is -2.08. The summed E-state index contributed by atoms with van der Waals surface area (Å²) in [4.78, 5) is 7.68. The summed E-state index contributed by atoms with van der Waals surface area (Å²) in [7, 11) is 1.61. The number of hydrogen-bond acceptors (Lipinski definition) is 4. The normalized spacial score (nSPS) is 12.9. The van der Waals surface area contributed by atoms with Crippen LogP contribution in [0.5, 0.6) is 0 Å². The molecule has 11 heavy (non-hydrogen) atoms. The number of rotatable bonds is 3. The Hall–Kier alpha value is -1.00. The lowest BCUT2D eigenvalue weighted by Crippen LogP contribution is -2.16. The van der Waals surface area contributed by atoms with Gasteiger partial charge in [0.15, 0.2) is 0 Å². The highest BCUT2D eigenvalue weighted by Gasteiger charge is 2.03. The zero-order valence-electron chi connectivity index (χ0n) is 6.40. The molecule has 60 valence electrons. The zero-order chi connectivity index (χ0) is 8.10. The van der Waals surface area contributed by atoms with E-state index in [0.29, 0.717) is 6.61 Å². The molecule has 0 aliphatic carbocycles. The van der Waals surface area contributed by atoms with Crippen LogP contribution in [-0.4, -0.2) is 23.7 Å². The van der Waals surface area contributed by atoms with Gasteiger partial charge in [0.05, 0.1) is 12.6 Å². The third-order valence-corrected chi connectivity index (χ3v) is 1.35. The van der Waals surface area contributed by atoms with Crippen molar-refractivity contribution < 1.29 is 4.74 Å². The molecular formula is C7H11N3O. The summed E-state index contributed by atoms with van der Waals surface area (Å²) in [6.07, 6.45) is 4.86. The molecule has 2 N–H and O–H groups in total. The highest BCUT2D eigenvalue weighted by molar-refractivity contribution is 5.07. The summed E-state index contributed by atoms with van der Waals surface area (Å²) in [6, 6.07) is -0.124. The first-order chi connectivity index (χ1) is 5.34. The second-order valence-electron chi connectivity index (χ2n) is 2.23. The molecule has 0 aliphatic rings. The monoisotopic (exact) mass is 153 g/mol. The Morgan fingerprint density at radius 1 is 1.55 bits per heavy atom. The highest BCUT2D eigenvalue weighted by Crippen LogP contribution is 2.05. The number of ether oxygens (including phenoxy) is 1. The summed E-state index contributed by atoms with van der Waals surface area (Å²) in [6.45, 7) is 0.493. The van der Waals surface area contributed by atoms with E-state index >= 15 is 0 Å². The largest absolute Gasteiger partial charge is 0.383 e. The molecular weight excluding hydrogens is 142 g/mol. The van der Waals surface area contributed by atoms with Crippen LogP contribution in [-0.2, 0) is 4.74 Å². The van der Waals surface area contributed by atoms with Crippen LogP contribution >= 0.6 is 0 Å². The van der Waals surface area contributed by atoms with Gasteiger partial charge < -0.3 is 10.5 Å². The van der Waals surface area contributed by atoms with E-state index in [0.717, 1.165) is 5.56 Å². The third-order valence-electron chi connectivity index (χ3n) is 1.35. The lowest BCUT2D eigenvalue weighted by atomic mass is 10.2. The van der Waals surface area contributed by atoms with Gasteiger partial charge in [-0.05, 0) is 0 Å². The van der Waals surface area contributed by atoms with E-state index < -0.39 is 0 Å². The van der Waals surface area contributed by atoms with Crippen molar-refractivity contribution in [2.24, 2.45) is 5.73 Å². The number of nitrogens with two attached hydrogens (primary N) is 1. The van der Waals surface area contributed by atoms with Crippen LogP contribution in [0, 0.1) is 0 Å². The Morgan fingerprint density at radius 3 is 2.73 bits per heavy atom. The van der Waals surface area contributed by atoms with Crippen molar-refractivity contribution in [3.8, 4) is 0 Å². The Labute approximate surface area is 65.4 Å². The fourth-order valence-electron chi connectivity index (χ4n) is 0.778. The summed E-state index contributed by atoms with van der Waals surface area (Å²) in [5.74, 6) is 0. The molecule has 1 rings (SSSR count). The predicted molar refractivity (Wildman–Crippen MR) is 40.8 cm³/mol. The van der Waals surface area contributed by atoms with Crippen LogP contribution in [0.15, 0.2) is 18.7 Å². The lowest BCUT2D eigenvalue weighted by molar-refractivity contribution is 0.180. The summed E-state index contributed by atoms with van der Waals surface area (Å²) < 4.78 is 4.88. The minimum atomic E-state index is -0.124. The second-order valence-corrected chi connectivity index (χ2v) is 2.23. The molecule has 1 unspecified atom stereocenters. The van der Waals surface area contributed by atoms with Gasteiger partial charge in [-0.3, -0.25) is 0 Å². The maximum Gasteiger partial charge on any atom is 0.115 e. The molecule has 0 spiro atoms. The summed E-state index contributed by atoms with van der Waals surface area (Å²) in [5, 5.41) is 0. The average Bonchev–Trinajstić information content (AvgIpc) is 2.07. The van der Waals surface area contributed by atoms with Crippen LogP contribution in [0.2, 0.25) is 0 Å². The van der Waals surface area contributed by atoms with Gasteiger partial charge in [0, 0.05) is 25.1 Å². The first kappa shape index (κ1) is 8.10. The van der Waals surface area contributed by atoms with E-state index in [1.165, 1.54) is 6.33 Å². The van der Waals surface area contributed by atoms with Gasteiger partial charge in [-0.15, -0.1) is 0 Å². The van der Waals surface area contributed by atoms with E-state index in [2.05, 4.69) is 9.97 Å². The maximum atomic E-state index is 5.70. The van der Waals surface area contributed by atoms with Gasteiger partial charge in [0.25, 0.3) is 0 Å². The van der Waals surface area contributed by atoms with E-state index in [9.17, 15) is 0 Å². The Morgan fingerprint density at radius 2 is 2.18 bits per heavy atom. The molecule has 0 aliphatic heterocycles. The molecule has 0 bridgehead atoms. The molecule has 0 fully saturated rings. The molecule has 0 amide bonds. The predicted octanol–water partition coefficient (Wildman–Crippen LogP) is 0.123. The van der Waals surface area contributed by atoms with Gasteiger partial charge in [0.2, 0.25) is 0 Å². The molecule has 4 nitrogen and oxygen atoms in total. The molecule has 0 aromatic carbocycles. The third kappa shape index (κ3) is 2.25.